The molecule has 2 aromatic heterocycles. The summed E-state index contributed by atoms with van der Waals surface area (Å²) in [6, 6.07) is 11.9. The van der Waals surface area contributed by atoms with Crippen molar-refractivity contribution in [3.8, 4) is 11.3 Å². The van der Waals surface area contributed by atoms with E-state index in [1.54, 1.807) is 12.4 Å². The number of carbonyl (C=O) groups excluding carboxylic acids is 1. The molecule has 0 saturated carbocycles. The summed E-state index contributed by atoms with van der Waals surface area (Å²) in [7, 11) is 0. The Balaban J connectivity index is 1.77. The average molecular weight is 370 g/mol. The fourth-order valence-electron chi connectivity index (χ4n) is 2.58. The fourth-order valence-corrected chi connectivity index (χ4v) is 3.65. The minimum Gasteiger partial charge on any atom is -0.348 e. The third kappa shape index (κ3) is 4.21. The van der Waals surface area contributed by atoms with Gasteiger partial charge in [0.25, 0.3) is 0 Å². The number of rotatable bonds is 5. The zero-order chi connectivity index (χ0) is 17.8. The van der Waals surface area contributed by atoms with Gasteiger partial charge >= 0.3 is 0 Å². The van der Waals surface area contributed by atoms with Crippen LogP contribution in [0.4, 0.5) is 0 Å². The normalized spacial score (nSPS) is 11.9. The lowest BCUT2D eigenvalue weighted by atomic mass is 10.1. The number of aromatic nitrogens is 2. The van der Waals surface area contributed by atoms with Crippen molar-refractivity contribution in [1.29, 1.82) is 0 Å². The first-order valence-electron chi connectivity index (χ1n) is 7.99. The molecule has 1 aromatic carbocycles. The van der Waals surface area contributed by atoms with Gasteiger partial charge in [0.1, 0.15) is 6.54 Å². The highest BCUT2D eigenvalue weighted by Gasteiger charge is 2.14. The summed E-state index contributed by atoms with van der Waals surface area (Å²) in [4.78, 5) is 16.6. The molecule has 1 unspecified atom stereocenters. The van der Waals surface area contributed by atoms with Crippen molar-refractivity contribution in [2.75, 3.05) is 0 Å². The Kier molecular flexibility index (Phi) is 5.40. The standard InChI is InChI=1S/C19H19N3OS2/c1-13-5-7-15(8-6-13)17-12-25-19(24)22(17)11-18(23)21-14(2)16-4-3-9-20-10-16/h3-10,12,14H,11H2,1-2H3,(H,21,23). The molecule has 0 radical (unpaired) electrons. The lowest BCUT2D eigenvalue weighted by molar-refractivity contribution is -0.122. The first-order valence-corrected chi connectivity index (χ1v) is 9.28. The number of aryl methyl sites for hydroxylation is 1. The van der Waals surface area contributed by atoms with Gasteiger partial charge in [-0.25, -0.2) is 0 Å². The molecule has 1 atom stereocenters. The Bertz CT molecular complexity index is 914. The number of nitrogens with one attached hydrogen (secondary N) is 1. The van der Waals surface area contributed by atoms with E-state index in [1.807, 2.05) is 29.0 Å². The molecular formula is C19H19N3OS2. The second kappa shape index (κ2) is 7.72. The van der Waals surface area contributed by atoms with Crippen molar-refractivity contribution in [3.05, 3.63) is 69.3 Å². The molecule has 2 heterocycles. The maximum atomic E-state index is 12.5. The van der Waals surface area contributed by atoms with Gasteiger partial charge < -0.3 is 9.88 Å². The van der Waals surface area contributed by atoms with Gasteiger partial charge in [0, 0.05) is 17.8 Å². The van der Waals surface area contributed by atoms with Crippen LogP contribution in [0.15, 0.2) is 54.2 Å². The van der Waals surface area contributed by atoms with Crippen molar-refractivity contribution in [3.63, 3.8) is 0 Å². The van der Waals surface area contributed by atoms with E-state index in [0.29, 0.717) is 3.95 Å². The van der Waals surface area contributed by atoms with E-state index >= 15 is 0 Å². The number of hydrogen-bond donors (Lipinski definition) is 1. The van der Waals surface area contributed by atoms with E-state index in [9.17, 15) is 4.79 Å². The SMILES string of the molecule is Cc1ccc(-c2csc(=S)n2CC(=O)NC(C)c2cccnc2)cc1. The highest BCUT2D eigenvalue weighted by atomic mass is 32.1. The molecule has 0 fully saturated rings. The maximum absolute atomic E-state index is 12.5. The van der Waals surface area contributed by atoms with E-state index in [4.69, 9.17) is 12.2 Å². The smallest absolute Gasteiger partial charge is 0.240 e. The van der Waals surface area contributed by atoms with Gasteiger partial charge in [-0.15, -0.1) is 11.3 Å². The largest absolute Gasteiger partial charge is 0.348 e. The van der Waals surface area contributed by atoms with Crippen LogP contribution in [0, 0.1) is 10.9 Å². The van der Waals surface area contributed by atoms with Crippen molar-refractivity contribution < 1.29 is 4.79 Å². The van der Waals surface area contributed by atoms with Gasteiger partial charge in [0.2, 0.25) is 5.91 Å². The third-order valence-electron chi connectivity index (χ3n) is 3.99. The minimum atomic E-state index is -0.100. The van der Waals surface area contributed by atoms with Crippen molar-refractivity contribution in [2.24, 2.45) is 0 Å². The Morgan fingerprint density at radius 3 is 2.76 bits per heavy atom. The number of hydrogen-bond acceptors (Lipinski definition) is 4. The summed E-state index contributed by atoms with van der Waals surface area (Å²) in [6.45, 7) is 4.20. The molecule has 3 aromatic rings. The highest BCUT2D eigenvalue weighted by Crippen LogP contribution is 2.24. The molecule has 4 nitrogen and oxygen atoms in total. The van der Waals surface area contributed by atoms with Crippen LogP contribution >= 0.6 is 23.6 Å². The van der Waals surface area contributed by atoms with E-state index < -0.39 is 0 Å². The second-order valence-corrected chi connectivity index (χ2v) is 7.42. The van der Waals surface area contributed by atoms with Crippen LogP contribution in [-0.4, -0.2) is 15.5 Å². The van der Waals surface area contributed by atoms with Gasteiger partial charge in [0.15, 0.2) is 3.95 Å². The molecule has 6 heteroatoms. The quantitative estimate of drug-likeness (QED) is 0.672. The molecule has 0 aliphatic heterocycles. The Morgan fingerprint density at radius 2 is 2.08 bits per heavy atom. The first-order chi connectivity index (χ1) is 12.0. The van der Waals surface area contributed by atoms with Crippen LogP contribution in [0.2, 0.25) is 0 Å². The van der Waals surface area contributed by atoms with Crippen molar-refractivity contribution in [1.82, 2.24) is 14.9 Å². The van der Waals surface area contributed by atoms with Gasteiger partial charge in [-0.05, 0) is 43.3 Å². The summed E-state index contributed by atoms with van der Waals surface area (Å²) in [5.41, 5.74) is 4.21. The average Bonchev–Trinajstić information content (AvgIpc) is 2.97. The topological polar surface area (TPSA) is 46.9 Å². The summed E-state index contributed by atoms with van der Waals surface area (Å²) in [5, 5.41) is 5.01. The number of amides is 1. The van der Waals surface area contributed by atoms with E-state index in [2.05, 4.69) is 41.5 Å². The number of benzene rings is 1. The Hall–Kier alpha value is -2.31. The van der Waals surface area contributed by atoms with Crippen LogP contribution in [0.1, 0.15) is 24.1 Å². The van der Waals surface area contributed by atoms with E-state index in [-0.39, 0.29) is 18.5 Å². The molecule has 3 rings (SSSR count). The molecule has 128 valence electrons. The van der Waals surface area contributed by atoms with Gasteiger partial charge in [0.05, 0.1) is 11.7 Å². The minimum absolute atomic E-state index is 0.0702. The summed E-state index contributed by atoms with van der Waals surface area (Å²) < 4.78 is 2.58. The van der Waals surface area contributed by atoms with Gasteiger partial charge in [-0.2, -0.15) is 0 Å². The zero-order valence-corrected chi connectivity index (χ0v) is 15.7. The van der Waals surface area contributed by atoms with Gasteiger partial charge in [-0.3, -0.25) is 9.78 Å². The van der Waals surface area contributed by atoms with Crippen molar-refractivity contribution in [2.45, 2.75) is 26.4 Å². The van der Waals surface area contributed by atoms with Crippen LogP contribution in [-0.2, 0) is 11.3 Å². The molecule has 25 heavy (non-hydrogen) atoms. The predicted octanol–water partition coefficient (Wildman–Crippen LogP) is 4.53. The number of nitrogens with zero attached hydrogens (tertiary/aromatic N) is 2. The molecular weight excluding hydrogens is 350 g/mol. The highest BCUT2D eigenvalue weighted by molar-refractivity contribution is 7.73. The molecule has 0 saturated heterocycles. The molecule has 1 amide bonds. The second-order valence-electron chi connectivity index (χ2n) is 5.91. The Morgan fingerprint density at radius 1 is 1.32 bits per heavy atom. The van der Waals surface area contributed by atoms with E-state index in [0.717, 1.165) is 16.8 Å². The summed E-state index contributed by atoms with van der Waals surface area (Å²) in [5.74, 6) is -0.0702. The lowest BCUT2D eigenvalue weighted by Crippen LogP contribution is -2.30. The van der Waals surface area contributed by atoms with Crippen molar-refractivity contribution >= 4 is 29.5 Å². The maximum Gasteiger partial charge on any atom is 0.240 e. The predicted molar refractivity (Wildman–Crippen MR) is 104 cm³/mol. The third-order valence-corrected chi connectivity index (χ3v) is 5.27. The first kappa shape index (κ1) is 17.5. The summed E-state index contributed by atoms with van der Waals surface area (Å²) >= 11 is 6.89. The number of carbonyl (C=O) groups is 1. The molecule has 1 N–H and O–H groups in total. The van der Waals surface area contributed by atoms with Crippen LogP contribution in [0.25, 0.3) is 11.3 Å². The van der Waals surface area contributed by atoms with Crippen LogP contribution in [0.3, 0.4) is 0 Å². The Labute approximate surface area is 156 Å². The monoisotopic (exact) mass is 369 g/mol. The zero-order valence-electron chi connectivity index (χ0n) is 14.1. The van der Waals surface area contributed by atoms with Gasteiger partial charge in [-0.1, -0.05) is 35.9 Å². The number of pyridine rings is 1. The van der Waals surface area contributed by atoms with Crippen LogP contribution in [0.5, 0.6) is 0 Å². The van der Waals surface area contributed by atoms with Crippen LogP contribution < -0.4 is 5.32 Å². The lowest BCUT2D eigenvalue weighted by Gasteiger charge is -2.15. The fraction of sp³-hybridized carbons (Fsp3) is 0.211. The summed E-state index contributed by atoms with van der Waals surface area (Å²) in [6.07, 6.45) is 3.48. The van der Waals surface area contributed by atoms with E-state index in [1.165, 1.54) is 16.9 Å². The molecule has 0 spiro atoms. The molecule has 0 aliphatic rings. The number of thiazole rings is 1. The molecule has 0 aliphatic carbocycles. The molecule has 0 bridgehead atoms.